The molecule has 4 atom stereocenters. The first-order chi connectivity index (χ1) is 24.4. The van der Waals surface area contributed by atoms with E-state index in [9.17, 15) is 5.26 Å². The fourth-order valence-electron chi connectivity index (χ4n) is 6.65. The molecular formula is C30H40N20. The molecule has 0 amide bonds. The van der Waals surface area contributed by atoms with Crippen molar-refractivity contribution in [2.45, 2.75) is 89.9 Å². The molecule has 50 heavy (non-hydrogen) atoms. The normalized spacial score (nSPS) is 23.0. The first kappa shape index (κ1) is 33.0. The van der Waals surface area contributed by atoms with Crippen LogP contribution in [0.15, 0.2) is 32.9 Å². The lowest BCUT2D eigenvalue weighted by atomic mass is 10.1. The lowest BCUT2D eigenvalue weighted by Crippen LogP contribution is -2.48. The highest BCUT2D eigenvalue weighted by Crippen LogP contribution is 2.38. The largest absolute Gasteiger partial charge is 0.382 e. The van der Waals surface area contributed by atoms with Crippen LogP contribution in [0, 0.1) is 31.8 Å². The molecule has 4 aromatic heterocycles. The molecule has 0 bridgehead atoms. The van der Waals surface area contributed by atoms with Gasteiger partial charge >= 0.3 is 0 Å². The van der Waals surface area contributed by atoms with Crippen LogP contribution in [0.4, 0.5) is 40.3 Å². The summed E-state index contributed by atoms with van der Waals surface area (Å²) in [6.07, 6.45) is 9.72. The van der Waals surface area contributed by atoms with Crippen LogP contribution >= 0.6 is 0 Å². The Morgan fingerprint density at radius 2 is 1.26 bits per heavy atom. The average molecular weight is 681 g/mol. The number of anilines is 2. The Morgan fingerprint density at radius 1 is 0.740 bits per heavy atom. The van der Waals surface area contributed by atoms with Gasteiger partial charge in [0.15, 0.2) is 34.6 Å². The number of aryl methyl sites for hydroxylation is 2. The monoisotopic (exact) mass is 680 g/mol. The summed E-state index contributed by atoms with van der Waals surface area (Å²) in [4.78, 5) is 3.59. The molecule has 0 aromatic carbocycles. The zero-order valence-corrected chi connectivity index (χ0v) is 28.0. The number of azo groups is 2. The van der Waals surface area contributed by atoms with Crippen molar-refractivity contribution in [3.05, 3.63) is 40.8 Å². The van der Waals surface area contributed by atoms with Gasteiger partial charge in [0.05, 0.1) is 30.4 Å². The minimum atomic E-state index is -0.293. The Labute approximate surface area is 287 Å². The Hall–Kier alpha value is -5.54. The van der Waals surface area contributed by atoms with Crippen LogP contribution in [0.5, 0.6) is 0 Å². The second-order valence-corrected chi connectivity index (χ2v) is 12.6. The van der Waals surface area contributed by atoms with Gasteiger partial charge in [-0.05, 0) is 78.3 Å². The van der Waals surface area contributed by atoms with Crippen molar-refractivity contribution in [3.63, 3.8) is 0 Å². The van der Waals surface area contributed by atoms with Crippen LogP contribution in [0.3, 0.4) is 0 Å². The van der Waals surface area contributed by atoms with Gasteiger partial charge in [-0.3, -0.25) is 10.6 Å². The van der Waals surface area contributed by atoms with E-state index in [-0.39, 0.29) is 24.7 Å². The molecule has 7 rings (SSSR count). The van der Waals surface area contributed by atoms with Crippen molar-refractivity contribution in [2.75, 3.05) is 24.6 Å². The minimum absolute atomic E-state index is 0.0450. The minimum Gasteiger partial charge on any atom is -0.382 e. The van der Waals surface area contributed by atoms with Crippen molar-refractivity contribution in [1.29, 1.82) is 5.26 Å². The van der Waals surface area contributed by atoms with Crippen molar-refractivity contribution < 1.29 is 0 Å². The summed E-state index contributed by atoms with van der Waals surface area (Å²) in [5.41, 5.74) is 22.4. The topological polar surface area (TPSA) is 249 Å². The average Bonchev–Trinajstić information content (AvgIpc) is 3.90. The van der Waals surface area contributed by atoms with Gasteiger partial charge in [-0.25, -0.2) is 34.4 Å². The van der Waals surface area contributed by atoms with Crippen LogP contribution < -0.4 is 33.0 Å². The summed E-state index contributed by atoms with van der Waals surface area (Å²) in [6.45, 7) is 13.0. The Balaban J connectivity index is 1.05. The summed E-state index contributed by atoms with van der Waals surface area (Å²) in [5.74, 6) is 1.44. The fourth-order valence-corrected chi connectivity index (χ4v) is 6.65. The number of aromatic nitrogens is 8. The van der Waals surface area contributed by atoms with E-state index in [0.29, 0.717) is 70.1 Å². The van der Waals surface area contributed by atoms with Gasteiger partial charge < -0.3 is 11.5 Å². The van der Waals surface area contributed by atoms with Crippen LogP contribution in [0.1, 0.15) is 93.0 Å². The SMILES string of the molecule is [C-]#[N+]c1cnn(C2CCCCN2)c1N=Nc1c(C)nn(C2CCC(n3nc(C)c(N=Nc4c(C#N)cnn4C4CCCCN4)c3N)NN2)c1N. The third-order valence-electron chi connectivity index (χ3n) is 9.31. The molecule has 3 aliphatic rings. The highest BCUT2D eigenvalue weighted by molar-refractivity contribution is 5.64. The Bertz CT molecular complexity index is 1830. The number of hydrogen-bond acceptors (Lipinski definition) is 15. The lowest BCUT2D eigenvalue weighted by Gasteiger charge is -2.31. The number of nitrogens with one attached hydrogen (secondary N) is 4. The van der Waals surface area contributed by atoms with E-state index in [1.165, 1.54) is 12.4 Å². The van der Waals surface area contributed by atoms with Gasteiger partial charge in [0.2, 0.25) is 0 Å². The predicted molar refractivity (Wildman–Crippen MR) is 182 cm³/mol. The number of hydrogen-bond donors (Lipinski definition) is 6. The Morgan fingerprint density at radius 3 is 1.74 bits per heavy atom. The maximum absolute atomic E-state index is 9.67. The highest BCUT2D eigenvalue weighted by Gasteiger charge is 2.29. The van der Waals surface area contributed by atoms with Crippen molar-refractivity contribution in [3.8, 4) is 6.07 Å². The molecule has 3 aliphatic heterocycles. The molecule has 0 spiro atoms. The quantitative estimate of drug-likeness (QED) is 0.110. The van der Waals surface area contributed by atoms with Crippen LogP contribution in [0.2, 0.25) is 0 Å². The van der Waals surface area contributed by atoms with Crippen molar-refractivity contribution in [2.24, 2.45) is 20.5 Å². The molecule has 4 unspecified atom stereocenters. The Kier molecular flexibility index (Phi) is 9.32. The molecule has 0 radical (unpaired) electrons. The molecular weight excluding hydrogens is 640 g/mol. The van der Waals surface area contributed by atoms with E-state index >= 15 is 0 Å². The molecule has 7 heterocycles. The number of piperidine rings is 2. The predicted octanol–water partition coefficient (Wildman–Crippen LogP) is 4.64. The maximum atomic E-state index is 9.67. The van der Waals surface area contributed by atoms with Gasteiger partial charge in [-0.15, -0.1) is 20.5 Å². The molecule has 0 saturated carbocycles. The van der Waals surface area contributed by atoms with Crippen molar-refractivity contribution >= 4 is 40.3 Å². The molecule has 8 N–H and O–H groups in total. The molecule has 3 saturated heterocycles. The summed E-state index contributed by atoms with van der Waals surface area (Å²) in [7, 11) is 0. The summed E-state index contributed by atoms with van der Waals surface area (Å²) in [5, 5.41) is 52.4. The smallest absolute Gasteiger partial charge is 0.251 e. The number of nitriles is 1. The van der Waals surface area contributed by atoms with Gasteiger partial charge in [-0.1, -0.05) is 0 Å². The molecule has 3 fully saturated rings. The van der Waals surface area contributed by atoms with E-state index in [0.717, 1.165) is 51.6 Å². The number of nitrogens with two attached hydrogens (primary N) is 2. The number of hydrazine groups is 1. The van der Waals surface area contributed by atoms with Gasteiger partial charge in [0.1, 0.15) is 36.3 Å². The van der Waals surface area contributed by atoms with E-state index in [2.05, 4.69) is 73.3 Å². The van der Waals surface area contributed by atoms with E-state index in [4.69, 9.17) is 18.0 Å². The van der Waals surface area contributed by atoms with Crippen LogP contribution in [-0.2, 0) is 0 Å². The zero-order chi connectivity index (χ0) is 34.8. The van der Waals surface area contributed by atoms with Gasteiger partial charge in [0.25, 0.3) is 5.69 Å². The first-order valence-electron chi connectivity index (χ1n) is 16.8. The first-order valence-corrected chi connectivity index (χ1v) is 16.8. The summed E-state index contributed by atoms with van der Waals surface area (Å²) in [6, 6.07) is 2.16. The lowest BCUT2D eigenvalue weighted by molar-refractivity contribution is 0.166. The molecule has 260 valence electrons. The molecule has 4 aromatic rings. The fraction of sp³-hybridized carbons (Fsp3) is 0.533. The second-order valence-electron chi connectivity index (χ2n) is 12.6. The number of rotatable bonds is 8. The second kappa shape index (κ2) is 14.1. The molecule has 0 aliphatic carbocycles. The number of nitrogen functional groups attached to an aromatic ring is 2. The molecule has 20 nitrogen and oxygen atoms in total. The summed E-state index contributed by atoms with van der Waals surface area (Å²) < 4.78 is 6.79. The van der Waals surface area contributed by atoms with Crippen molar-refractivity contribution in [1.82, 2.24) is 60.6 Å². The van der Waals surface area contributed by atoms with Gasteiger partial charge in [0, 0.05) is 0 Å². The van der Waals surface area contributed by atoms with E-state index in [1.807, 2.05) is 13.8 Å². The van der Waals surface area contributed by atoms with Crippen LogP contribution in [-0.4, -0.2) is 52.2 Å². The third kappa shape index (κ3) is 6.20. The van der Waals surface area contributed by atoms with E-state index < -0.39 is 0 Å². The molecule has 20 heteroatoms. The zero-order valence-electron chi connectivity index (χ0n) is 28.0. The number of nitrogens with zero attached hydrogens (tertiary/aromatic N) is 14. The third-order valence-corrected chi connectivity index (χ3v) is 9.31. The standard InChI is InChI=1S/C30H40N20/c1-17-25(41-43-29-19(14-31)15-37-49(29)21-8-4-6-12-35-21)27(32)47(45-17)23-10-11-24(40-39-23)48-28(33)26(18(2)46-48)42-44-30-20(34-3)16-38-50(30)22-9-5-7-13-36-22/h15-16,21-24,35-36,39-40H,4-13,32-33H2,1-2H3. The highest BCUT2D eigenvalue weighted by atomic mass is 15.6. The maximum Gasteiger partial charge on any atom is 0.251 e. The summed E-state index contributed by atoms with van der Waals surface area (Å²) >= 11 is 0. The van der Waals surface area contributed by atoms with Crippen LogP contribution in [0.25, 0.3) is 4.85 Å². The van der Waals surface area contributed by atoms with E-state index in [1.54, 1.807) is 18.7 Å². The van der Waals surface area contributed by atoms with Gasteiger partial charge in [-0.2, -0.15) is 25.7 Å².